The number of nitrogens with zero attached hydrogens (tertiary/aromatic N) is 1. The van der Waals surface area contributed by atoms with Crippen LogP contribution in [0.4, 0.5) is 5.82 Å². The summed E-state index contributed by atoms with van der Waals surface area (Å²) in [6.07, 6.45) is 0.685. The fourth-order valence-electron chi connectivity index (χ4n) is 1.63. The van der Waals surface area contributed by atoms with E-state index in [0.717, 1.165) is 0 Å². The third-order valence-corrected chi connectivity index (χ3v) is 2.58. The van der Waals surface area contributed by atoms with E-state index in [1.54, 1.807) is 25.1 Å². The first-order chi connectivity index (χ1) is 10.1. The molecule has 7 nitrogen and oxygen atoms in total. The molecule has 2 aromatic rings. The zero-order chi connectivity index (χ0) is 15.2. The standard InChI is InChI=1S/C14H14N2O5/c1-9-5-13(16-21-9)15-14(18)8-20-12-6-10(7-17)3-4-11(12)19-2/h3-7H,8H2,1-2H3,(H,15,16,18). The number of carbonyl (C=O) groups is 2. The van der Waals surface area contributed by atoms with Gasteiger partial charge in [-0.3, -0.25) is 9.59 Å². The average Bonchev–Trinajstić information content (AvgIpc) is 2.89. The maximum Gasteiger partial charge on any atom is 0.263 e. The lowest BCUT2D eigenvalue weighted by Gasteiger charge is -2.10. The summed E-state index contributed by atoms with van der Waals surface area (Å²) in [5.41, 5.74) is 0.429. The Morgan fingerprint density at radius 3 is 2.81 bits per heavy atom. The summed E-state index contributed by atoms with van der Waals surface area (Å²) in [7, 11) is 1.47. The van der Waals surface area contributed by atoms with Gasteiger partial charge in [0, 0.05) is 11.6 Å². The van der Waals surface area contributed by atoms with Crippen LogP contribution in [0.2, 0.25) is 0 Å². The Morgan fingerprint density at radius 1 is 1.38 bits per heavy atom. The predicted octanol–water partition coefficient (Wildman–Crippen LogP) is 1.82. The first kappa shape index (κ1) is 14.6. The van der Waals surface area contributed by atoms with Crippen LogP contribution >= 0.6 is 0 Å². The minimum atomic E-state index is -0.401. The summed E-state index contributed by atoms with van der Waals surface area (Å²) in [4.78, 5) is 22.5. The van der Waals surface area contributed by atoms with Gasteiger partial charge in [-0.15, -0.1) is 0 Å². The van der Waals surface area contributed by atoms with Gasteiger partial charge in [0.25, 0.3) is 5.91 Å². The lowest BCUT2D eigenvalue weighted by atomic mass is 10.2. The Balaban J connectivity index is 1.98. The molecule has 0 atom stereocenters. The first-order valence-electron chi connectivity index (χ1n) is 6.11. The highest BCUT2D eigenvalue weighted by Crippen LogP contribution is 2.27. The lowest BCUT2D eigenvalue weighted by molar-refractivity contribution is -0.118. The molecule has 0 fully saturated rings. The Kier molecular flexibility index (Phi) is 4.55. The van der Waals surface area contributed by atoms with Gasteiger partial charge in [-0.05, 0) is 25.1 Å². The zero-order valence-corrected chi connectivity index (χ0v) is 11.6. The highest BCUT2D eigenvalue weighted by Gasteiger charge is 2.10. The van der Waals surface area contributed by atoms with E-state index >= 15 is 0 Å². The van der Waals surface area contributed by atoms with Crippen LogP contribution in [0.25, 0.3) is 0 Å². The zero-order valence-electron chi connectivity index (χ0n) is 11.6. The van der Waals surface area contributed by atoms with Gasteiger partial charge in [0.2, 0.25) is 0 Å². The Morgan fingerprint density at radius 2 is 2.19 bits per heavy atom. The number of anilines is 1. The third kappa shape index (κ3) is 3.82. The number of aromatic nitrogens is 1. The molecule has 0 saturated heterocycles. The lowest BCUT2D eigenvalue weighted by Crippen LogP contribution is -2.20. The second-order valence-electron chi connectivity index (χ2n) is 4.19. The maximum absolute atomic E-state index is 11.7. The number of methoxy groups -OCH3 is 1. The monoisotopic (exact) mass is 290 g/mol. The van der Waals surface area contributed by atoms with Crippen LogP contribution < -0.4 is 14.8 Å². The van der Waals surface area contributed by atoms with Gasteiger partial charge in [0.05, 0.1) is 7.11 Å². The number of carbonyl (C=O) groups excluding carboxylic acids is 2. The molecule has 2 rings (SSSR count). The van der Waals surface area contributed by atoms with Crippen LogP contribution in [0.3, 0.4) is 0 Å². The smallest absolute Gasteiger partial charge is 0.263 e. The summed E-state index contributed by atoms with van der Waals surface area (Å²) >= 11 is 0. The number of amides is 1. The van der Waals surface area contributed by atoms with Gasteiger partial charge in [-0.25, -0.2) is 0 Å². The van der Waals surface area contributed by atoms with Gasteiger partial charge in [-0.1, -0.05) is 5.16 Å². The molecule has 0 aliphatic carbocycles. The number of benzene rings is 1. The minimum Gasteiger partial charge on any atom is -0.493 e. The molecule has 0 aliphatic rings. The van der Waals surface area contributed by atoms with Crippen molar-refractivity contribution in [1.82, 2.24) is 5.16 Å². The van der Waals surface area contributed by atoms with Crippen molar-refractivity contribution >= 4 is 18.0 Å². The molecule has 1 N–H and O–H groups in total. The number of aldehydes is 1. The normalized spacial score (nSPS) is 10.0. The summed E-state index contributed by atoms with van der Waals surface area (Å²) in [5.74, 6) is 1.25. The molecule has 110 valence electrons. The van der Waals surface area contributed by atoms with Crippen LogP contribution in [-0.2, 0) is 4.79 Å². The maximum atomic E-state index is 11.7. The van der Waals surface area contributed by atoms with Gasteiger partial charge < -0.3 is 19.3 Å². The quantitative estimate of drug-likeness (QED) is 0.816. The van der Waals surface area contributed by atoms with Crippen LogP contribution in [0, 0.1) is 6.92 Å². The van der Waals surface area contributed by atoms with Gasteiger partial charge in [0.15, 0.2) is 23.9 Å². The predicted molar refractivity (Wildman–Crippen MR) is 73.7 cm³/mol. The molecule has 0 radical (unpaired) electrons. The summed E-state index contributed by atoms with van der Waals surface area (Å²) < 4.78 is 15.3. The highest BCUT2D eigenvalue weighted by molar-refractivity contribution is 5.91. The number of nitrogens with one attached hydrogen (secondary N) is 1. The van der Waals surface area contributed by atoms with Crippen molar-refractivity contribution in [1.29, 1.82) is 0 Å². The average molecular weight is 290 g/mol. The second kappa shape index (κ2) is 6.56. The molecule has 1 aromatic heterocycles. The molecular weight excluding hydrogens is 276 g/mol. The first-order valence-corrected chi connectivity index (χ1v) is 6.11. The van der Waals surface area contributed by atoms with Crippen molar-refractivity contribution < 1.29 is 23.6 Å². The SMILES string of the molecule is COc1ccc(C=O)cc1OCC(=O)Nc1cc(C)on1. The Labute approximate surface area is 120 Å². The van der Waals surface area contributed by atoms with E-state index < -0.39 is 5.91 Å². The molecule has 0 unspecified atom stereocenters. The molecular formula is C14H14N2O5. The van der Waals surface area contributed by atoms with E-state index in [-0.39, 0.29) is 6.61 Å². The van der Waals surface area contributed by atoms with E-state index in [1.807, 2.05) is 0 Å². The molecule has 1 amide bonds. The number of hydrogen-bond donors (Lipinski definition) is 1. The topological polar surface area (TPSA) is 90.7 Å². The highest BCUT2D eigenvalue weighted by atomic mass is 16.5. The van der Waals surface area contributed by atoms with Crippen molar-refractivity contribution in [3.8, 4) is 11.5 Å². The van der Waals surface area contributed by atoms with Gasteiger partial charge >= 0.3 is 0 Å². The fraction of sp³-hybridized carbons (Fsp3) is 0.214. The van der Waals surface area contributed by atoms with Crippen LogP contribution in [0.1, 0.15) is 16.1 Å². The number of hydrogen-bond acceptors (Lipinski definition) is 6. The molecule has 0 bridgehead atoms. The van der Waals surface area contributed by atoms with Crippen LogP contribution in [-0.4, -0.2) is 31.1 Å². The summed E-state index contributed by atoms with van der Waals surface area (Å²) in [5, 5.41) is 6.16. The van der Waals surface area contributed by atoms with Gasteiger partial charge in [-0.2, -0.15) is 0 Å². The molecule has 0 aliphatic heterocycles. The second-order valence-corrected chi connectivity index (χ2v) is 4.19. The van der Waals surface area contributed by atoms with Crippen molar-refractivity contribution in [2.75, 3.05) is 19.0 Å². The summed E-state index contributed by atoms with van der Waals surface area (Å²) in [6.45, 7) is 1.47. The van der Waals surface area contributed by atoms with Gasteiger partial charge in [0.1, 0.15) is 12.0 Å². The Hall–Kier alpha value is -2.83. The van der Waals surface area contributed by atoms with E-state index in [9.17, 15) is 9.59 Å². The van der Waals surface area contributed by atoms with E-state index in [1.165, 1.54) is 13.2 Å². The van der Waals surface area contributed by atoms with Crippen LogP contribution in [0.15, 0.2) is 28.8 Å². The number of rotatable bonds is 6. The molecule has 0 saturated carbocycles. The Bertz CT molecular complexity index is 651. The molecule has 21 heavy (non-hydrogen) atoms. The molecule has 7 heteroatoms. The van der Waals surface area contributed by atoms with E-state index in [2.05, 4.69) is 10.5 Å². The van der Waals surface area contributed by atoms with Crippen molar-refractivity contribution in [3.05, 3.63) is 35.6 Å². The minimum absolute atomic E-state index is 0.245. The van der Waals surface area contributed by atoms with Crippen LogP contribution in [0.5, 0.6) is 11.5 Å². The van der Waals surface area contributed by atoms with Crippen molar-refractivity contribution in [3.63, 3.8) is 0 Å². The van der Waals surface area contributed by atoms with E-state index in [0.29, 0.717) is 34.9 Å². The third-order valence-electron chi connectivity index (χ3n) is 2.58. The van der Waals surface area contributed by atoms with Crippen molar-refractivity contribution in [2.24, 2.45) is 0 Å². The largest absolute Gasteiger partial charge is 0.493 e. The van der Waals surface area contributed by atoms with Crippen molar-refractivity contribution in [2.45, 2.75) is 6.92 Å². The summed E-state index contributed by atoms with van der Waals surface area (Å²) in [6, 6.07) is 6.28. The molecule has 1 aromatic carbocycles. The fourth-order valence-corrected chi connectivity index (χ4v) is 1.63. The molecule has 0 spiro atoms. The number of aryl methyl sites for hydroxylation is 1. The number of ether oxygens (including phenoxy) is 2. The molecule has 1 heterocycles. The van der Waals surface area contributed by atoms with E-state index in [4.69, 9.17) is 14.0 Å².